The molecule has 0 saturated heterocycles. The molecule has 5 nitrogen and oxygen atoms in total. The number of sulfonamides is 1. The molecule has 0 radical (unpaired) electrons. The molecule has 0 fully saturated rings. The van der Waals surface area contributed by atoms with Gasteiger partial charge in [-0.05, 0) is 66.3 Å². The maximum atomic E-state index is 11.6. The molecule has 0 amide bonds. The summed E-state index contributed by atoms with van der Waals surface area (Å²) in [5.74, 6) is 0. The van der Waals surface area contributed by atoms with Gasteiger partial charge < -0.3 is 0 Å². The van der Waals surface area contributed by atoms with Crippen LogP contribution in [0.25, 0.3) is 27.9 Å². The highest BCUT2D eigenvalue weighted by Gasteiger charge is 2.19. The minimum Gasteiger partial charge on any atom is -0.240 e. The van der Waals surface area contributed by atoms with E-state index in [2.05, 4.69) is 18.2 Å². The molecule has 0 saturated carbocycles. The third-order valence-corrected chi connectivity index (χ3v) is 6.31. The second kappa shape index (κ2) is 6.29. The van der Waals surface area contributed by atoms with Crippen LogP contribution < -0.4 is 5.14 Å². The number of nitrogens with two attached hydrogens (primary N) is 1. The highest BCUT2D eigenvalue weighted by Crippen LogP contribution is 2.37. The highest BCUT2D eigenvalue weighted by atomic mass is 32.2. The summed E-state index contributed by atoms with van der Waals surface area (Å²) in [7, 11) is -3.72. The number of hydrogen-bond donors (Lipinski definition) is 1. The summed E-state index contributed by atoms with van der Waals surface area (Å²) in [6, 6.07) is 19.2. The Balaban J connectivity index is 1.73. The fourth-order valence-electron chi connectivity index (χ4n) is 4.02. The smallest absolute Gasteiger partial charge is 0.238 e. The summed E-state index contributed by atoms with van der Waals surface area (Å²) in [4.78, 5) is 0.104. The van der Waals surface area contributed by atoms with Crippen molar-refractivity contribution in [1.29, 1.82) is 0 Å². The van der Waals surface area contributed by atoms with Gasteiger partial charge in [0.1, 0.15) is 5.69 Å². The molecular formula is C22H19N3O2S. The predicted octanol–water partition coefficient (Wildman–Crippen LogP) is 3.80. The largest absolute Gasteiger partial charge is 0.240 e. The van der Waals surface area contributed by atoms with Crippen LogP contribution in [0.4, 0.5) is 0 Å². The summed E-state index contributed by atoms with van der Waals surface area (Å²) in [5.41, 5.74) is 7.65. The molecule has 1 aliphatic rings. The Labute approximate surface area is 163 Å². The first-order valence-corrected chi connectivity index (χ1v) is 10.8. The maximum absolute atomic E-state index is 11.6. The van der Waals surface area contributed by atoms with Crippen molar-refractivity contribution in [2.24, 2.45) is 5.14 Å². The quantitative estimate of drug-likeness (QED) is 0.579. The van der Waals surface area contributed by atoms with Crippen LogP contribution in [0, 0.1) is 0 Å². The van der Waals surface area contributed by atoms with Gasteiger partial charge in [0.2, 0.25) is 10.0 Å². The molecule has 28 heavy (non-hydrogen) atoms. The Hall–Kier alpha value is -2.96. The van der Waals surface area contributed by atoms with Crippen LogP contribution in [-0.4, -0.2) is 18.0 Å². The van der Waals surface area contributed by atoms with Crippen LogP contribution in [0.5, 0.6) is 0 Å². The average Bonchev–Trinajstić information content (AvgIpc) is 3.31. The van der Waals surface area contributed by atoms with Crippen molar-refractivity contribution in [3.8, 4) is 22.4 Å². The van der Waals surface area contributed by atoms with Gasteiger partial charge in [0.05, 0.1) is 10.4 Å². The number of nitrogens with zero attached hydrogens (tertiary/aromatic N) is 2. The second-order valence-electron chi connectivity index (χ2n) is 7.16. The number of pyridine rings is 1. The van der Waals surface area contributed by atoms with Gasteiger partial charge in [-0.1, -0.05) is 30.3 Å². The molecule has 0 aliphatic heterocycles. The van der Waals surface area contributed by atoms with Gasteiger partial charge in [-0.3, -0.25) is 0 Å². The third-order valence-electron chi connectivity index (χ3n) is 5.38. The van der Waals surface area contributed by atoms with Crippen molar-refractivity contribution in [3.63, 3.8) is 0 Å². The molecule has 6 heteroatoms. The zero-order valence-corrected chi connectivity index (χ0v) is 16.0. The zero-order valence-electron chi connectivity index (χ0n) is 15.2. The number of hydrogen-bond acceptors (Lipinski definition) is 3. The van der Waals surface area contributed by atoms with Gasteiger partial charge in [-0.2, -0.15) is 5.10 Å². The number of aromatic nitrogens is 2. The summed E-state index contributed by atoms with van der Waals surface area (Å²) in [6.45, 7) is 0. The van der Waals surface area contributed by atoms with E-state index in [9.17, 15) is 8.42 Å². The van der Waals surface area contributed by atoms with Crippen molar-refractivity contribution in [1.82, 2.24) is 9.61 Å². The summed E-state index contributed by atoms with van der Waals surface area (Å²) in [6.07, 6.45) is 5.37. The Kier molecular flexibility index (Phi) is 3.86. The third kappa shape index (κ3) is 2.82. The molecule has 1 aliphatic carbocycles. The van der Waals surface area contributed by atoms with Crippen molar-refractivity contribution in [3.05, 3.63) is 78.0 Å². The Morgan fingerprint density at radius 3 is 2.43 bits per heavy atom. The van der Waals surface area contributed by atoms with Crippen LogP contribution >= 0.6 is 0 Å². The fraction of sp³-hybridized carbons (Fsp3) is 0.136. The molecular weight excluding hydrogens is 370 g/mol. The van der Waals surface area contributed by atoms with Crippen molar-refractivity contribution < 1.29 is 8.42 Å². The second-order valence-corrected chi connectivity index (χ2v) is 8.72. The fourth-order valence-corrected chi connectivity index (χ4v) is 4.53. The van der Waals surface area contributed by atoms with E-state index in [0.29, 0.717) is 0 Å². The van der Waals surface area contributed by atoms with E-state index in [1.807, 2.05) is 28.9 Å². The first kappa shape index (κ1) is 17.2. The standard InChI is InChI=1S/C22H19N3O2S/c23-28(26,27)19-11-9-16(10-12-19)21-20-6-1-2-13-25(20)24-22(21)18-8-7-15-4-3-5-17(15)14-18/h1-2,6-14H,3-5H2,(H2,23,26,27). The number of benzene rings is 2. The van der Waals surface area contributed by atoms with Gasteiger partial charge in [0.15, 0.2) is 0 Å². The van der Waals surface area contributed by atoms with E-state index in [0.717, 1.165) is 40.7 Å². The minimum absolute atomic E-state index is 0.104. The van der Waals surface area contributed by atoms with E-state index in [1.54, 1.807) is 24.3 Å². The lowest BCUT2D eigenvalue weighted by atomic mass is 9.97. The van der Waals surface area contributed by atoms with Crippen LogP contribution in [0.2, 0.25) is 0 Å². The predicted molar refractivity (Wildman–Crippen MR) is 109 cm³/mol. The summed E-state index contributed by atoms with van der Waals surface area (Å²) in [5, 5.41) is 10.1. The highest BCUT2D eigenvalue weighted by molar-refractivity contribution is 7.89. The molecule has 0 spiro atoms. The van der Waals surface area contributed by atoms with E-state index >= 15 is 0 Å². The molecule has 2 N–H and O–H groups in total. The van der Waals surface area contributed by atoms with E-state index < -0.39 is 10.0 Å². The van der Waals surface area contributed by atoms with Gasteiger partial charge in [-0.15, -0.1) is 0 Å². The van der Waals surface area contributed by atoms with Crippen LogP contribution in [0.3, 0.4) is 0 Å². The molecule has 0 atom stereocenters. The number of aryl methyl sites for hydroxylation is 2. The lowest BCUT2D eigenvalue weighted by Gasteiger charge is -2.07. The van der Waals surface area contributed by atoms with Crippen molar-refractivity contribution in [2.75, 3.05) is 0 Å². The number of primary sulfonamides is 1. The van der Waals surface area contributed by atoms with Gasteiger partial charge in [-0.25, -0.2) is 18.1 Å². The Morgan fingerprint density at radius 2 is 1.64 bits per heavy atom. The molecule has 2 aromatic carbocycles. The molecule has 2 aromatic heterocycles. The van der Waals surface area contributed by atoms with Gasteiger partial charge >= 0.3 is 0 Å². The first-order valence-electron chi connectivity index (χ1n) is 9.23. The number of fused-ring (bicyclic) bond motifs is 2. The molecule has 0 unspecified atom stereocenters. The van der Waals surface area contributed by atoms with E-state index in [-0.39, 0.29) is 4.90 Å². The van der Waals surface area contributed by atoms with Crippen LogP contribution in [-0.2, 0) is 22.9 Å². The molecule has 140 valence electrons. The van der Waals surface area contributed by atoms with Crippen molar-refractivity contribution >= 4 is 15.5 Å². The Morgan fingerprint density at radius 1 is 0.893 bits per heavy atom. The number of rotatable bonds is 3. The lowest BCUT2D eigenvalue weighted by Crippen LogP contribution is -2.11. The minimum atomic E-state index is -3.72. The lowest BCUT2D eigenvalue weighted by molar-refractivity contribution is 0.598. The summed E-state index contributed by atoms with van der Waals surface area (Å²) >= 11 is 0. The first-order chi connectivity index (χ1) is 13.5. The summed E-state index contributed by atoms with van der Waals surface area (Å²) < 4.78 is 25.1. The molecule has 2 heterocycles. The monoisotopic (exact) mass is 389 g/mol. The molecule has 0 bridgehead atoms. The van der Waals surface area contributed by atoms with Crippen LogP contribution in [0.1, 0.15) is 17.5 Å². The zero-order chi connectivity index (χ0) is 19.3. The van der Waals surface area contributed by atoms with Crippen molar-refractivity contribution in [2.45, 2.75) is 24.2 Å². The van der Waals surface area contributed by atoms with Gasteiger partial charge in [0, 0.05) is 17.3 Å². The van der Waals surface area contributed by atoms with Crippen LogP contribution in [0.15, 0.2) is 71.8 Å². The average molecular weight is 389 g/mol. The normalized spacial score (nSPS) is 13.8. The molecule has 5 rings (SSSR count). The van der Waals surface area contributed by atoms with E-state index in [4.69, 9.17) is 10.2 Å². The molecule has 4 aromatic rings. The maximum Gasteiger partial charge on any atom is 0.238 e. The topological polar surface area (TPSA) is 77.5 Å². The SMILES string of the molecule is NS(=O)(=O)c1ccc(-c2c(-c3ccc4c(c3)CCC4)nn3ccccc23)cc1. The van der Waals surface area contributed by atoms with Gasteiger partial charge in [0.25, 0.3) is 0 Å². The van der Waals surface area contributed by atoms with E-state index in [1.165, 1.54) is 17.5 Å². The Bertz CT molecular complexity index is 1310.